The summed E-state index contributed by atoms with van der Waals surface area (Å²) in [6, 6.07) is 5.04. The number of benzene rings is 1. The van der Waals surface area contributed by atoms with Crippen LogP contribution in [0.15, 0.2) is 24.3 Å². The largest absolute Gasteiger partial charge is 0.508 e. The summed E-state index contributed by atoms with van der Waals surface area (Å²) in [7, 11) is 0. The van der Waals surface area contributed by atoms with Crippen molar-refractivity contribution in [1.82, 2.24) is 0 Å². The molecule has 1 rings (SSSR count). The Labute approximate surface area is 69.0 Å². The van der Waals surface area contributed by atoms with E-state index in [0.717, 1.165) is 0 Å². The maximum Gasteiger partial charge on any atom is 0.269 e. The van der Waals surface area contributed by atoms with Crippen molar-refractivity contribution >= 4 is 18.1 Å². The zero-order valence-corrected chi connectivity index (χ0v) is 6.25. The first-order valence-corrected chi connectivity index (χ1v) is 2.63. The molecule has 0 atom stereocenters. The van der Waals surface area contributed by atoms with Gasteiger partial charge in [0.1, 0.15) is 5.75 Å². The molecule has 0 saturated heterocycles. The molecule has 0 unspecified atom stereocenters. The molecule has 1 aromatic rings. The van der Waals surface area contributed by atoms with Gasteiger partial charge >= 0.3 is 0 Å². The van der Waals surface area contributed by atoms with Gasteiger partial charge in [0.2, 0.25) is 0 Å². The molecule has 0 spiro atoms. The smallest absolute Gasteiger partial charge is 0.269 e. The zero-order chi connectivity index (χ0) is 7.56. The van der Waals surface area contributed by atoms with Crippen LogP contribution < -0.4 is 0 Å². The molecule has 1 aromatic carbocycles. The predicted octanol–water partition coefficient (Wildman–Crippen LogP) is 1.72. The van der Waals surface area contributed by atoms with E-state index in [1.807, 2.05) is 0 Å². The van der Waals surface area contributed by atoms with E-state index < -0.39 is 4.92 Å². The lowest BCUT2D eigenvalue weighted by atomic mass is 10.3. The third-order valence-corrected chi connectivity index (χ3v) is 1.06. The number of hydrogen-bond acceptors (Lipinski definition) is 3. The van der Waals surface area contributed by atoms with E-state index in [1.165, 1.54) is 24.3 Å². The maximum absolute atomic E-state index is 10.0. The van der Waals surface area contributed by atoms with Gasteiger partial charge in [-0.2, -0.15) is 0 Å². The molecule has 0 aliphatic heterocycles. The van der Waals surface area contributed by atoms with E-state index >= 15 is 0 Å². The molecule has 0 heterocycles. The Morgan fingerprint density at radius 3 is 2.09 bits per heavy atom. The van der Waals surface area contributed by atoms with Crippen molar-refractivity contribution in [2.24, 2.45) is 0 Å². The average molecular weight is 176 g/mol. The molecule has 1 N–H and O–H groups in total. The van der Waals surface area contributed by atoms with Crippen LogP contribution in [0.3, 0.4) is 0 Å². The summed E-state index contributed by atoms with van der Waals surface area (Å²) in [5.74, 6) is 0.0330. The number of nitro benzene ring substituents is 1. The summed E-state index contributed by atoms with van der Waals surface area (Å²) in [5, 5.41) is 18.8. The second kappa shape index (κ2) is 3.78. The Kier molecular flexibility index (Phi) is 3.33. The molecule has 0 amide bonds. The summed E-state index contributed by atoms with van der Waals surface area (Å²) < 4.78 is 0. The fourth-order valence-corrected chi connectivity index (χ4v) is 0.574. The van der Waals surface area contributed by atoms with Crippen LogP contribution >= 0.6 is 12.4 Å². The van der Waals surface area contributed by atoms with E-state index in [9.17, 15) is 10.1 Å². The molecular weight excluding hydrogens is 170 g/mol. The zero-order valence-electron chi connectivity index (χ0n) is 5.43. The monoisotopic (exact) mass is 175 g/mol. The molecule has 11 heavy (non-hydrogen) atoms. The van der Waals surface area contributed by atoms with Gasteiger partial charge in [0, 0.05) is 12.1 Å². The van der Waals surface area contributed by atoms with Crippen LogP contribution in [0.1, 0.15) is 0 Å². The molecule has 60 valence electrons. The number of hydrogen-bond donors (Lipinski definition) is 1. The van der Waals surface area contributed by atoms with Crippen LogP contribution in [-0.2, 0) is 0 Å². The highest BCUT2D eigenvalue weighted by Gasteiger charge is 2.01. The van der Waals surface area contributed by atoms with Gasteiger partial charge < -0.3 is 5.11 Å². The number of nitro groups is 1. The van der Waals surface area contributed by atoms with Gasteiger partial charge in [-0.15, -0.1) is 12.4 Å². The molecule has 0 aliphatic carbocycles. The standard InChI is InChI=1S/C6H5NO3.ClH/c8-6-3-1-5(2-4-6)7(9)10;/h1-4,8H;1H. The number of rotatable bonds is 1. The van der Waals surface area contributed by atoms with Gasteiger partial charge in [-0.3, -0.25) is 10.1 Å². The van der Waals surface area contributed by atoms with Crippen molar-refractivity contribution in [2.45, 2.75) is 0 Å². The van der Waals surface area contributed by atoms with Crippen LogP contribution in [-0.4, -0.2) is 10.0 Å². The predicted molar refractivity (Wildman–Crippen MR) is 42.0 cm³/mol. The van der Waals surface area contributed by atoms with Crippen LogP contribution in [0.2, 0.25) is 0 Å². The SMILES string of the molecule is Cl.O=[N+]([O-])c1ccc(O)cc1. The third kappa shape index (κ3) is 2.43. The van der Waals surface area contributed by atoms with Crippen LogP contribution in [0, 0.1) is 10.1 Å². The number of aromatic hydroxyl groups is 1. The van der Waals surface area contributed by atoms with Crippen molar-refractivity contribution in [2.75, 3.05) is 0 Å². The lowest BCUT2D eigenvalue weighted by Crippen LogP contribution is -1.85. The van der Waals surface area contributed by atoms with Crippen molar-refractivity contribution in [3.05, 3.63) is 34.4 Å². The van der Waals surface area contributed by atoms with Crippen LogP contribution in [0.4, 0.5) is 5.69 Å². The molecule has 0 aliphatic rings. The lowest BCUT2D eigenvalue weighted by molar-refractivity contribution is -0.384. The molecule has 0 saturated carbocycles. The third-order valence-electron chi connectivity index (χ3n) is 1.06. The number of phenols is 1. The van der Waals surface area contributed by atoms with Crippen molar-refractivity contribution < 1.29 is 10.0 Å². The number of nitrogens with zero attached hydrogens (tertiary/aromatic N) is 1. The fourth-order valence-electron chi connectivity index (χ4n) is 0.574. The molecule has 4 nitrogen and oxygen atoms in total. The molecular formula is C6H6ClNO3. The highest BCUT2D eigenvalue weighted by Crippen LogP contribution is 2.14. The van der Waals surface area contributed by atoms with Gasteiger partial charge in [-0.25, -0.2) is 0 Å². The van der Waals surface area contributed by atoms with Gasteiger partial charge in [0.25, 0.3) is 5.69 Å². The first-order chi connectivity index (χ1) is 4.70. The van der Waals surface area contributed by atoms with Crippen LogP contribution in [0.25, 0.3) is 0 Å². The molecule has 0 bridgehead atoms. The minimum Gasteiger partial charge on any atom is -0.508 e. The first kappa shape index (κ1) is 9.71. The van der Waals surface area contributed by atoms with E-state index in [2.05, 4.69) is 0 Å². The normalized spacial score (nSPS) is 8.36. The van der Waals surface area contributed by atoms with Crippen molar-refractivity contribution in [3.63, 3.8) is 0 Å². The summed E-state index contributed by atoms with van der Waals surface area (Å²) in [6.07, 6.45) is 0. The van der Waals surface area contributed by atoms with Gasteiger partial charge in [-0.05, 0) is 12.1 Å². The molecule has 0 radical (unpaired) electrons. The van der Waals surface area contributed by atoms with Gasteiger partial charge in [-0.1, -0.05) is 0 Å². The molecule has 0 aromatic heterocycles. The Morgan fingerprint density at radius 1 is 1.27 bits per heavy atom. The Balaban J connectivity index is 0.000001000. The lowest BCUT2D eigenvalue weighted by Gasteiger charge is -1.89. The number of non-ortho nitro benzene ring substituents is 1. The summed E-state index contributed by atoms with van der Waals surface area (Å²) in [5.41, 5.74) is -0.0159. The highest BCUT2D eigenvalue weighted by atomic mass is 35.5. The minimum absolute atomic E-state index is 0. The van der Waals surface area contributed by atoms with E-state index in [-0.39, 0.29) is 23.8 Å². The maximum atomic E-state index is 10.0. The number of halogens is 1. The molecule has 5 heteroatoms. The minimum atomic E-state index is -0.514. The Hall–Kier alpha value is -1.29. The Morgan fingerprint density at radius 2 is 1.73 bits per heavy atom. The first-order valence-electron chi connectivity index (χ1n) is 2.63. The molecule has 0 fully saturated rings. The average Bonchev–Trinajstić information content (AvgIpc) is 1.88. The topological polar surface area (TPSA) is 63.4 Å². The van der Waals surface area contributed by atoms with E-state index in [1.54, 1.807) is 0 Å². The summed E-state index contributed by atoms with van der Waals surface area (Å²) in [4.78, 5) is 9.52. The van der Waals surface area contributed by atoms with Crippen molar-refractivity contribution in [1.29, 1.82) is 0 Å². The quantitative estimate of drug-likeness (QED) is 0.522. The summed E-state index contributed by atoms with van der Waals surface area (Å²) in [6.45, 7) is 0. The van der Waals surface area contributed by atoms with Crippen LogP contribution in [0.5, 0.6) is 5.75 Å². The second-order valence-corrected chi connectivity index (χ2v) is 1.77. The van der Waals surface area contributed by atoms with Crippen molar-refractivity contribution in [3.8, 4) is 5.75 Å². The second-order valence-electron chi connectivity index (χ2n) is 1.77. The number of phenolic OH excluding ortho intramolecular Hbond substituents is 1. The fraction of sp³-hybridized carbons (Fsp3) is 0. The van der Waals surface area contributed by atoms with E-state index in [0.29, 0.717) is 0 Å². The van der Waals surface area contributed by atoms with Gasteiger partial charge in [0.15, 0.2) is 0 Å². The van der Waals surface area contributed by atoms with Gasteiger partial charge in [0.05, 0.1) is 4.92 Å². The Bertz CT molecular complexity index is 247. The van der Waals surface area contributed by atoms with E-state index in [4.69, 9.17) is 5.11 Å². The highest BCUT2D eigenvalue weighted by molar-refractivity contribution is 5.85. The summed E-state index contributed by atoms with van der Waals surface area (Å²) >= 11 is 0.